The molecule has 0 bridgehead atoms. The van der Waals surface area contributed by atoms with E-state index in [2.05, 4.69) is 5.32 Å². The van der Waals surface area contributed by atoms with E-state index in [1.54, 1.807) is 6.08 Å². The highest BCUT2D eigenvalue weighted by Gasteiger charge is 2.03. The van der Waals surface area contributed by atoms with Crippen LogP contribution in [0.2, 0.25) is 5.02 Å². The first-order chi connectivity index (χ1) is 8.00. The van der Waals surface area contributed by atoms with Crippen LogP contribution in [0.1, 0.15) is 18.9 Å². The Bertz CT molecular complexity index is 446. The molecule has 0 aliphatic carbocycles. The second kappa shape index (κ2) is 6.25. The van der Waals surface area contributed by atoms with Gasteiger partial charge in [0.05, 0.1) is 10.7 Å². The lowest BCUT2D eigenvalue weighted by atomic mass is 10.1. The van der Waals surface area contributed by atoms with Gasteiger partial charge in [0.2, 0.25) is 5.91 Å². The van der Waals surface area contributed by atoms with Gasteiger partial charge in [-0.3, -0.25) is 4.79 Å². The van der Waals surface area contributed by atoms with Crippen molar-refractivity contribution in [3.05, 3.63) is 34.6 Å². The van der Waals surface area contributed by atoms with Crippen LogP contribution in [0.3, 0.4) is 0 Å². The van der Waals surface area contributed by atoms with E-state index < -0.39 is 5.82 Å². The van der Waals surface area contributed by atoms with Gasteiger partial charge < -0.3 is 11.1 Å². The van der Waals surface area contributed by atoms with E-state index in [4.69, 9.17) is 17.3 Å². The minimum atomic E-state index is -0.490. The molecule has 0 saturated carbocycles. The topological polar surface area (TPSA) is 55.1 Å². The zero-order chi connectivity index (χ0) is 12.8. The molecule has 0 aliphatic rings. The van der Waals surface area contributed by atoms with Gasteiger partial charge in [-0.2, -0.15) is 0 Å². The summed E-state index contributed by atoms with van der Waals surface area (Å²) in [4.78, 5) is 10.6. The maximum Gasteiger partial charge on any atom is 0.216 e. The van der Waals surface area contributed by atoms with Gasteiger partial charge in [-0.05, 0) is 24.1 Å². The van der Waals surface area contributed by atoms with E-state index in [9.17, 15) is 9.18 Å². The number of nitrogen functional groups attached to an aromatic ring is 1. The third kappa shape index (κ3) is 4.44. The first kappa shape index (κ1) is 13.5. The fraction of sp³-hybridized carbons (Fsp3) is 0.250. The van der Waals surface area contributed by atoms with Gasteiger partial charge in [0.25, 0.3) is 0 Å². The molecule has 0 radical (unpaired) electrons. The molecule has 1 rings (SSSR count). The molecule has 0 atom stereocenters. The van der Waals surface area contributed by atoms with E-state index >= 15 is 0 Å². The van der Waals surface area contributed by atoms with Crippen LogP contribution in [0.15, 0.2) is 18.2 Å². The van der Waals surface area contributed by atoms with Gasteiger partial charge in [0.15, 0.2) is 0 Å². The molecular weight excluding hydrogens is 243 g/mol. The zero-order valence-corrected chi connectivity index (χ0v) is 10.2. The van der Waals surface area contributed by atoms with E-state index in [0.717, 1.165) is 0 Å². The molecule has 0 unspecified atom stereocenters. The van der Waals surface area contributed by atoms with Crippen molar-refractivity contribution >= 4 is 29.3 Å². The molecule has 0 heterocycles. The Morgan fingerprint density at radius 2 is 2.29 bits per heavy atom. The number of amides is 1. The third-order valence-corrected chi connectivity index (χ3v) is 2.43. The minimum Gasteiger partial charge on any atom is -0.396 e. The number of hydrogen-bond acceptors (Lipinski definition) is 2. The lowest BCUT2D eigenvalue weighted by Crippen LogP contribution is -2.20. The molecule has 0 aliphatic heterocycles. The van der Waals surface area contributed by atoms with Crippen LogP contribution >= 0.6 is 11.6 Å². The van der Waals surface area contributed by atoms with Crippen molar-refractivity contribution in [1.82, 2.24) is 5.32 Å². The van der Waals surface area contributed by atoms with Gasteiger partial charge in [0, 0.05) is 13.5 Å². The number of hydrogen-bond donors (Lipinski definition) is 2. The van der Waals surface area contributed by atoms with Crippen LogP contribution < -0.4 is 11.1 Å². The molecule has 0 spiro atoms. The fourth-order valence-electron chi connectivity index (χ4n) is 1.25. The Morgan fingerprint density at radius 1 is 1.59 bits per heavy atom. The van der Waals surface area contributed by atoms with Gasteiger partial charge >= 0.3 is 0 Å². The highest BCUT2D eigenvalue weighted by atomic mass is 35.5. The molecule has 92 valence electrons. The Hall–Kier alpha value is -1.55. The van der Waals surface area contributed by atoms with Crippen LogP contribution in [0, 0.1) is 5.82 Å². The minimum absolute atomic E-state index is 0.0328. The van der Waals surface area contributed by atoms with E-state index in [1.807, 2.05) is 6.08 Å². The average Bonchev–Trinajstić information content (AvgIpc) is 2.24. The monoisotopic (exact) mass is 256 g/mol. The van der Waals surface area contributed by atoms with Crippen molar-refractivity contribution in [3.8, 4) is 0 Å². The van der Waals surface area contributed by atoms with Crippen LogP contribution in [-0.4, -0.2) is 12.5 Å². The Labute approximate surface area is 104 Å². The summed E-state index contributed by atoms with van der Waals surface area (Å²) in [5.41, 5.74) is 5.97. The van der Waals surface area contributed by atoms with E-state index in [-0.39, 0.29) is 11.6 Å². The number of carbonyl (C=O) groups is 1. The van der Waals surface area contributed by atoms with Crippen LogP contribution in [0.4, 0.5) is 10.1 Å². The summed E-state index contributed by atoms with van der Waals surface area (Å²) in [6.07, 6.45) is 4.17. The van der Waals surface area contributed by atoms with Crippen molar-refractivity contribution in [1.29, 1.82) is 0 Å². The van der Waals surface area contributed by atoms with E-state index in [0.29, 0.717) is 23.6 Å². The molecule has 0 fully saturated rings. The first-order valence-corrected chi connectivity index (χ1v) is 5.54. The molecule has 1 amide bonds. The molecular formula is C12H14ClFN2O. The highest BCUT2D eigenvalue weighted by molar-refractivity contribution is 6.32. The molecule has 1 aromatic rings. The molecule has 1 aromatic carbocycles. The smallest absolute Gasteiger partial charge is 0.216 e. The van der Waals surface area contributed by atoms with Gasteiger partial charge in [0.1, 0.15) is 5.82 Å². The van der Waals surface area contributed by atoms with Gasteiger partial charge in [-0.15, -0.1) is 0 Å². The van der Waals surface area contributed by atoms with Crippen molar-refractivity contribution < 1.29 is 9.18 Å². The normalized spacial score (nSPS) is 10.8. The lowest BCUT2D eigenvalue weighted by molar-refractivity contribution is -0.118. The number of rotatable bonds is 4. The van der Waals surface area contributed by atoms with E-state index in [1.165, 1.54) is 19.1 Å². The second-order valence-electron chi connectivity index (χ2n) is 3.57. The number of benzene rings is 1. The zero-order valence-electron chi connectivity index (χ0n) is 9.47. The van der Waals surface area contributed by atoms with Crippen LogP contribution in [-0.2, 0) is 4.79 Å². The number of nitrogens with one attached hydrogen (secondary N) is 1. The SMILES string of the molecule is CC(=O)NCCC=Cc1cc(F)c(N)cc1Cl. The summed E-state index contributed by atoms with van der Waals surface area (Å²) < 4.78 is 13.2. The molecule has 3 nitrogen and oxygen atoms in total. The largest absolute Gasteiger partial charge is 0.396 e. The molecule has 3 N–H and O–H groups in total. The van der Waals surface area contributed by atoms with Crippen molar-refractivity contribution in [2.75, 3.05) is 12.3 Å². The maximum absolute atomic E-state index is 13.2. The molecule has 0 saturated heterocycles. The number of halogens is 2. The second-order valence-corrected chi connectivity index (χ2v) is 3.98. The number of carbonyl (C=O) groups excluding carboxylic acids is 1. The third-order valence-electron chi connectivity index (χ3n) is 2.10. The molecule has 0 aromatic heterocycles. The first-order valence-electron chi connectivity index (χ1n) is 5.16. The molecule has 17 heavy (non-hydrogen) atoms. The summed E-state index contributed by atoms with van der Waals surface area (Å²) in [7, 11) is 0. The summed E-state index contributed by atoms with van der Waals surface area (Å²) >= 11 is 5.90. The average molecular weight is 257 g/mol. The summed E-state index contributed by atoms with van der Waals surface area (Å²) in [5, 5.41) is 3.05. The summed E-state index contributed by atoms with van der Waals surface area (Å²) in [6.45, 7) is 2.00. The quantitative estimate of drug-likeness (QED) is 0.643. The van der Waals surface area contributed by atoms with Crippen LogP contribution in [0.25, 0.3) is 6.08 Å². The Morgan fingerprint density at radius 3 is 2.94 bits per heavy atom. The predicted octanol–water partition coefficient (Wildman–Crippen LogP) is 2.60. The predicted molar refractivity (Wildman–Crippen MR) is 68.2 cm³/mol. The standard InChI is InChI=1S/C12H14ClFN2O/c1-8(17)16-5-3-2-4-9-6-11(14)12(15)7-10(9)13/h2,4,6-7H,3,5,15H2,1H3,(H,16,17). The highest BCUT2D eigenvalue weighted by Crippen LogP contribution is 2.23. The van der Waals surface area contributed by atoms with Gasteiger partial charge in [-0.25, -0.2) is 4.39 Å². The Balaban J connectivity index is 2.59. The summed E-state index contributed by atoms with van der Waals surface area (Å²) in [6, 6.07) is 2.66. The number of anilines is 1. The maximum atomic E-state index is 13.2. The summed E-state index contributed by atoms with van der Waals surface area (Å²) in [5.74, 6) is -0.564. The van der Waals surface area contributed by atoms with Gasteiger partial charge in [-0.1, -0.05) is 23.8 Å². The van der Waals surface area contributed by atoms with Crippen molar-refractivity contribution in [2.45, 2.75) is 13.3 Å². The fourth-order valence-corrected chi connectivity index (χ4v) is 1.48. The molecule has 5 heteroatoms. The number of nitrogens with two attached hydrogens (primary N) is 1. The van der Waals surface area contributed by atoms with Crippen molar-refractivity contribution in [2.24, 2.45) is 0 Å². The van der Waals surface area contributed by atoms with Crippen LogP contribution in [0.5, 0.6) is 0 Å². The Kier molecular flexibility index (Phi) is 4.97. The van der Waals surface area contributed by atoms with Crippen molar-refractivity contribution in [3.63, 3.8) is 0 Å². The lowest BCUT2D eigenvalue weighted by Gasteiger charge is -2.02.